The van der Waals surface area contributed by atoms with Crippen molar-refractivity contribution in [3.05, 3.63) is 29.8 Å². The Hall–Kier alpha value is -2.02. The molecule has 0 aliphatic carbocycles. The Kier molecular flexibility index (Phi) is 4.53. The fourth-order valence-corrected chi connectivity index (χ4v) is 1.63. The van der Waals surface area contributed by atoms with E-state index in [0.29, 0.717) is 12.1 Å². The van der Waals surface area contributed by atoms with Gasteiger partial charge in [0.05, 0.1) is 18.1 Å². The van der Waals surface area contributed by atoms with Crippen LogP contribution >= 0.6 is 0 Å². The van der Waals surface area contributed by atoms with Crippen LogP contribution in [0.3, 0.4) is 0 Å². The first kappa shape index (κ1) is 13.0. The molecular formula is C13H16N2O2. The Morgan fingerprint density at radius 2 is 2.00 bits per heavy atom. The number of nitriles is 1. The highest BCUT2D eigenvalue weighted by atomic mass is 16.4. The van der Waals surface area contributed by atoms with Crippen LogP contribution in [0.1, 0.15) is 25.8 Å². The van der Waals surface area contributed by atoms with Crippen LogP contribution in [0.5, 0.6) is 0 Å². The summed E-state index contributed by atoms with van der Waals surface area (Å²) in [4.78, 5) is 12.6. The highest BCUT2D eigenvalue weighted by molar-refractivity contribution is 5.67. The molecule has 0 radical (unpaired) electrons. The Labute approximate surface area is 101 Å². The first-order chi connectivity index (χ1) is 8.04. The average molecular weight is 232 g/mol. The zero-order chi connectivity index (χ0) is 12.8. The second-order valence-electron chi connectivity index (χ2n) is 4.09. The average Bonchev–Trinajstić information content (AvgIpc) is 2.29. The maximum Gasteiger partial charge on any atom is 0.305 e. The van der Waals surface area contributed by atoms with Crippen LogP contribution in [-0.2, 0) is 4.79 Å². The smallest absolute Gasteiger partial charge is 0.305 e. The summed E-state index contributed by atoms with van der Waals surface area (Å²) in [5, 5.41) is 17.4. The molecule has 1 N–H and O–H groups in total. The highest BCUT2D eigenvalue weighted by Gasteiger charge is 2.11. The van der Waals surface area contributed by atoms with E-state index < -0.39 is 5.97 Å². The Bertz CT molecular complexity index is 418. The van der Waals surface area contributed by atoms with Gasteiger partial charge in [0.25, 0.3) is 0 Å². The fourth-order valence-electron chi connectivity index (χ4n) is 1.63. The number of nitrogens with zero attached hydrogens (tertiary/aromatic N) is 2. The number of anilines is 1. The summed E-state index contributed by atoms with van der Waals surface area (Å²) in [5.41, 5.74) is 1.55. The second kappa shape index (κ2) is 5.90. The summed E-state index contributed by atoms with van der Waals surface area (Å²) in [7, 11) is 0. The van der Waals surface area contributed by atoms with Crippen molar-refractivity contribution in [2.75, 3.05) is 11.4 Å². The van der Waals surface area contributed by atoms with Gasteiger partial charge >= 0.3 is 5.97 Å². The Balaban J connectivity index is 2.82. The lowest BCUT2D eigenvalue weighted by molar-refractivity contribution is -0.136. The van der Waals surface area contributed by atoms with Crippen LogP contribution in [0.15, 0.2) is 24.3 Å². The van der Waals surface area contributed by atoms with Gasteiger partial charge in [-0.2, -0.15) is 5.26 Å². The van der Waals surface area contributed by atoms with Gasteiger partial charge in [0.15, 0.2) is 0 Å². The van der Waals surface area contributed by atoms with Gasteiger partial charge < -0.3 is 10.0 Å². The molecule has 0 saturated carbocycles. The molecule has 0 aliphatic heterocycles. The SMILES string of the molecule is CC(C)N(CCC(=O)O)c1ccc(C#N)cc1. The van der Waals surface area contributed by atoms with E-state index in [9.17, 15) is 4.79 Å². The number of hydrogen-bond acceptors (Lipinski definition) is 3. The summed E-state index contributed by atoms with van der Waals surface area (Å²) in [6.07, 6.45) is 0.109. The van der Waals surface area contributed by atoms with E-state index in [0.717, 1.165) is 5.69 Å². The summed E-state index contributed by atoms with van der Waals surface area (Å²) < 4.78 is 0. The van der Waals surface area contributed by atoms with E-state index in [4.69, 9.17) is 10.4 Å². The molecule has 0 amide bonds. The molecule has 0 aromatic heterocycles. The van der Waals surface area contributed by atoms with Crippen LogP contribution < -0.4 is 4.90 Å². The molecule has 0 aliphatic rings. The van der Waals surface area contributed by atoms with E-state index in [-0.39, 0.29) is 12.5 Å². The molecule has 4 nitrogen and oxygen atoms in total. The number of carboxylic acids is 1. The van der Waals surface area contributed by atoms with Gasteiger partial charge in [0, 0.05) is 18.3 Å². The lowest BCUT2D eigenvalue weighted by Gasteiger charge is -2.28. The van der Waals surface area contributed by atoms with Crippen molar-refractivity contribution in [1.82, 2.24) is 0 Å². The molecule has 0 atom stereocenters. The molecule has 0 unspecified atom stereocenters. The topological polar surface area (TPSA) is 64.3 Å². The standard InChI is InChI=1S/C13H16N2O2/c1-10(2)15(8-7-13(16)17)12-5-3-11(9-14)4-6-12/h3-6,10H,7-8H2,1-2H3,(H,16,17). The van der Waals surface area contributed by atoms with Crippen LogP contribution in [0.4, 0.5) is 5.69 Å². The summed E-state index contributed by atoms with van der Waals surface area (Å²) in [5.74, 6) is -0.802. The molecule has 0 fully saturated rings. The maximum absolute atomic E-state index is 10.6. The number of aliphatic carboxylic acids is 1. The van der Waals surface area contributed by atoms with Gasteiger partial charge in [0.2, 0.25) is 0 Å². The molecule has 0 bridgehead atoms. The van der Waals surface area contributed by atoms with Crippen molar-refractivity contribution in [2.24, 2.45) is 0 Å². The molecule has 17 heavy (non-hydrogen) atoms. The van der Waals surface area contributed by atoms with Gasteiger partial charge in [-0.15, -0.1) is 0 Å². The quantitative estimate of drug-likeness (QED) is 0.845. The van der Waals surface area contributed by atoms with Crippen LogP contribution in [0, 0.1) is 11.3 Å². The van der Waals surface area contributed by atoms with Crippen LogP contribution in [-0.4, -0.2) is 23.7 Å². The van der Waals surface area contributed by atoms with Gasteiger partial charge in [0.1, 0.15) is 0 Å². The number of hydrogen-bond donors (Lipinski definition) is 1. The number of carboxylic acid groups (broad SMARTS) is 1. The summed E-state index contributed by atoms with van der Waals surface area (Å²) in [6, 6.07) is 9.46. The second-order valence-corrected chi connectivity index (χ2v) is 4.09. The van der Waals surface area contributed by atoms with Gasteiger partial charge in [-0.1, -0.05) is 0 Å². The lowest BCUT2D eigenvalue weighted by Crippen LogP contribution is -2.32. The van der Waals surface area contributed by atoms with Crippen molar-refractivity contribution in [3.8, 4) is 6.07 Å². The van der Waals surface area contributed by atoms with Crippen LogP contribution in [0.25, 0.3) is 0 Å². The lowest BCUT2D eigenvalue weighted by atomic mass is 10.2. The minimum atomic E-state index is -0.802. The normalized spacial score (nSPS) is 10.0. The van der Waals surface area contributed by atoms with E-state index in [1.165, 1.54) is 0 Å². The number of rotatable bonds is 5. The first-order valence-electron chi connectivity index (χ1n) is 5.53. The summed E-state index contributed by atoms with van der Waals surface area (Å²) in [6.45, 7) is 4.50. The third kappa shape index (κ3) is 3.80. The fraction of sp³-hybridized carbons (Fsp3) is 0.385. The molecule has 1 rings (SSSR count). The van der Waals surface area contributed by atoms with Crippen molar-refractivity contribution in [3.63, 3.8) is 0 Å². The number of benzene rings is 1. The summed E-state index contributed by atoms with van der Waals surface area (Å²) >= 11 is 0. The van der Waals surface area contributed by atoms with E-state index in [2.05, 4.69) is 6.07 Å². The van der Waals surface area contributed by atoms with E-state index >= 15 is 0 Å². The highest BCUT2D eigenvalue weighted by Crippen LogP contribution is 2.18. The molecule has 1 aromatic rings. The predicted molar refractivity (Wildman–Crippen MR) is 65.9 cm³/mol. The van der Waals surface area contributed by atoms with Crippen molar-refractivity contribution >= 4 is 11.7 Å². The largest absolute Gasteiger partial charge is 0.481 e. The molecular weight excluding hydrogens is 216 g/mol. The zero-order valence-electron chi connectivity index (χ0n) is 10.1. The van der Waals surface area contributed by atoms with Crippen molar-refractivity contribution < 1.29 is 9.90 Å². The third-order valence-electron chi connectivity index (χ3n) is 2.52. The molecule has 0 saturated heterocycles. The molecule has 0 spiro atoms. The molecule has 0 heterocycles. The number of carbonyl (C=O) groups is 1. The molecule has 4 heteroatoms. The van der Waals surface area contributed by atoms with E-state index in [1.807, 2.05) is 30.9 Å². The van der Waals surface area contributed by atoms with Gasteiger partial charge in [-0.05, 0) is 38.1 Å². The maximum atomic E-state index is 10.6. The molecule has 1 aromatic carbocycles. The van der Waals surface area contributed by atoms with Gasteiger partial charge in [-0.25, -0.2) is 0 Å². The first-order valence-corrected chi connectivity index (χ1v) is 5.53. The van der Waals surface area contributed by atoms with Crippen molar-refractivity contribution in [1.29, 1.82) is 5.26 Å². The van der Waals surface area contributed by atoms with E-state index in [1.54, 1.807) is 12.1 Å². The predicted octanol–water partition coefficient (Wildman–Crippen LogP) is 2.25. The Morgan fingerprint density at radius 3 is 2.41 bits per heavy atom. The third-order valence-corrected chi connectivity index (χ3v) is 2.52. The minimum Gasteiger partial charge on any atom is -0.481 e. The molecule has 90 valence electrons. The monoisotopic (exact) mass is 232 g/mol. The Morgan fingerprint density at radius 1 is 1.41 bits per heavy atom. The van der Waals surface area contributed by atoms with Gasteiger partial charge in [-0.3, -0.25) is 4.79 Å². The zero-order valence-corrected chi connectivity index (χ0v) is 10.1. The minimum absolute atomic E-state index is 0.109. The van der Waals surface area contributed by atoms with Crippen LogP contribution in [0.2, 0.25) is 0 Å². The van der Waals surface area contributed by atoms with Crippen molar-refractivity contribution in [2.45, 2.75) is 26.3 Å².